The van der Waals surface area contributed by atoms with Crippen molar-refractivity contribution in [2.45, 2.75) is 57.4 Å². The Balaban J connectivity index is 1.66. The Labute approximate surface area is 68.3 Å². The summed E-state index contributed by atoms with van der Waals surface area (Å²) in [4.78, 5) is 0. The third-order valence-electron chi connectivity index (χ3n) is 2.74. The molecule has 2 atom stereocenters. The van der Waals surface area contributed by atoms with Crippen LogP contribution in [0.3, 0.4) is 0 Å². The highest BCUT2D eigenvalue weighted by atomic mass is 16.6. The van der Waals surface area contributed by atoms with E-state index < -0.39 is 0 Å². The van der Waals surface area contributed by atoms with Crippen LogP contribution in [-0.2, 0) is 4.74 Å². The van der Waals surface area contributed by atoms with Gasteiger partial charge in [0.15, 0.2) is 0 Å². The molecule has 2 heteroatoms. The van der Waals surface area contributed by atoms with E-state index in [0.717, 1.165) is 12.5 Å². The summed E-state index contributed by atoms with van der Waals surface area (Å²) in [7, 11) is 0. The van der Waals surface area contributed by atoms with Crippen molar-refractivity contribution in [2.75, 3.05) is 0 Å². The molecule has 1 N–H and O–H groups in total. The fourth-order valence-corrected chi connectivity index (χ4v) is 1.92. The van der Waals surface area contributed by atoms with Gasteiger partial charge in [0, 0.05) is 6.04 Å². The summed E-state index contributed by atoms with van der Waals surface area (Å²) in [5.74, 6) is 0. The summed E-state index contributed by atoms with van der Waals surface area (Å²) >= 11 is 0. The van der Waals surface area contributed by atoms with Gasteiger partial charge in [-0.2, -0.15) is 0 Å². The van der Waals surface area contributed by atoms with Crippen LogP contribution in [0.15, 0.2) is 0 Å². The van der Waals surface area contributed by atoms with Gasteiger partial charge in [-0.1, -0.05) is 19.8 Å². The summed E-state index contributed by atoms with van der Waals surface area (Å²) < 4.78 is 5.42. The normalized spacial score (nSPS) is 37.9. The summed E-state index contributed by atoms with van der Waals surface area (Å²) in [5, 5.41) is 3.53. The number of hydrogen-bond acceptors (Lipinski definition) is 2. The Bertz CT molecular complexity index is 132. The van der Waals surface area contributed by atoms with E-state index in [4.69, 9.17) is 4.74 Å². The molecule has 1 aliphatic carbocycles. The molecule has 0 bridgehead atoms. The standard InChI is InChI=1S/C9H17NO/c1-2-8-9(11-8)10-7-5-3-4-6-7/h7-10H,2-6H2,1H3. The molecule has 64 valence electrons. The van der Waals surface area contributed by atoms with Crippen LogP contribution in [-0.4, -0.2) is 18.4 Å². The van der Waals surface area contributed by atoms with Crippen molar-refractivity contribution in [1.82, 2.24) is 5.32 Å². The number of hydrogen-bond donors (Lipinski definition) is 1. The van der Waals surface area contributed by atoms with E-state index in [2.05, 4.69) is 12.2 Å². The maximum absolute atomic E-state index is 5.42. The predicted octanol–water partition coefficient (Wildman–Crippen LogP) is 1.65. The van der Waals surface area contributed by atoms with Crippen molar-refractivity contribution in [3.8, 4) is 0 Å². The lowest BCUT2D eigenvalue weighted by Gasteiger charge is -2.07. The largest absolute Gasteiger partial charge is 0.353 e. The van der Waals surface area contributed by atoms with Crippen molar-refractivity contribution in [2.24, 2.45) is 0 Å². The highest BCUT2D eigenvalue weighted by Gasteiger charge is 2.38. The van der Waals surface area contributed by atoms with Gasteiger partial charge >= 0.3 is 0 Å². The van der Waals surface area contributed by atoms with Gasteiger partial charge in [-0.25, -0.2) is 0 Å². The molecule has 0 amide bonds. The van der Waals surface area contributed by atoms with E-state index >= 15 is 0 Å². The first-order chi connectivity index (χ1) is 5.40. The second-order valence-electron chi connectivity index (χ2n) is 3.65. The third-order valence-corrected chi connectivity index (χ3v) is 2.74. The molecular formula is C9H17NO. The third kappa shape index (κ3) is 1.74. The maximum Gasteiger partial charge on any atom is 0.135 e. The molecule has 0 spiro atoms. The van der Waals surface area contributed by atoms with E-state index in [9.17, 15) is 0 Å². The number of ether oxygens (including phenoxy) is 1. The van der Waals surface area contributed by atoms with Crippen LogP contribution in [0.4, 0.5) is 0 Å². The molecule has 2 unspecified atom stereocenters. The van der Waals surface area contributed by atoms with E-state index in [1.54, 1.807) is 0 Å². The molecule has 0 aromatic carbocycles. The topological polar surface area (TPSA) is 24.6 Å². The van der Waals surface area contributed by atoms with Crippen molar-refractivity contribution < 1.29 is 4.74 Å². The second-order valence-corrected chi connectivity index (χ2v) is 3.65. The number of nitrogens with one attached hydrogen (secondary N) is 1. The van der Waals surface area contributed by atoms with Crippen molar-refractivity contribution in [3.63, 3.8) is 0 Å². The van der Waals surface area contributed by atoms with Crippen molar-refractivity contribution in [3.05, 3.63) is 0 Å². The van der Waals surface area contributed by atoms with Gasteiger partial charge in [0.1, 0.15) is 6.23 Å². The zero-order chi connectivity index (χ0) is 7.68. The number of epoxide rings is 1. The molecule has 0 radical (unpaired) electrons. The molecule has 1 heterocycles. The van der Waals surface area contributed by atoms with Crippen LogP contribution in [0.1, 0.15) is 39.0 Å². The maximum atomic E-state index is 5.42. The van der Waals surface area contributed by atoms with E-state index in [1.807, 2.05) is 0 Å². The molecule has 11 heavy (non-hydrogen) atoms. The van der Waals surface area contributed by atoms with Gasteiger partial charge in [0.05, 0.1) is 6.10 Å². The SMILES string of the molecule is CCC1OC1NC1CCCC1. The molecule has 1 saturated heterocycles. The minimum Gasteiger partial charge on any atom is -0.353 e. The quantitative estimate of drug-likeness (QED) is 0.627. The summed E-state index contributed by atoms with van der Waals surface area (Å²) in [6, 6.07) is 0.761. The van der Waals surface area contributed by atoms with Gasteiger partial charge in [-0.05, 0) is 19.3 Å². The fourth-order valence-electron chi connectivity index (χ4n) is 1.92. The highest BCUT2D eigenvalue weighted by Crippen LogP contribution is 2.26. The Morgan fingerprint density at radius 3 is 2.64 bits per heavy atom. The highest BCUT2D eigenvalue weighted by molar-refractivity contribution is 4.86. The molecule has 2 fully saturated rings. The van der Waals surface area contributed by atoms with E-state index in [-0.39, 0.29) is 0 Å². The van der Waals surface area contributed by atoms with Gasteiger partial charge in [-0.15, -0.1) is 0 Å². The van der Waals surface area contributed by atoms with Crippen LogP contribution < -0.4 is 5.32 Å². The minimum absolute atomic E-state index is 0.406. The average Bonchev–Trinajstić information content (AvgIpc) is 2.54. The molecule has 0 aromatic rings. The molecular weight excluding hydrogens is 138 g/mol. The monoisotopic (exact) mass is 155 g/mol. The van der Waals surface area contributed by atoms with Crippen LogP contribution in [0.2, 0.25) is 0 Å². The molecule has 0 aromatic heterocycles. The lowest BCUT2D eigenvalue weighted by molar-refractivity contribution is 0.323. The van der Waals surface area contributed by atoms with Gasteiger partial charge < -0.3 is 4.74 Å². The van der Waals surface area contributed by atoms with E-state index in [0.29, 0.717) is 12.3 Å². The van der Waals surface area contributed by atoms with Crippen LogP contribution in [0.25, 0.3) is 0 Å². The van der Waals surface area contributed by atoms with Gasteiger partial charge in [0.25, 0.3) is 0 Å². The first-order valence-electron chi connectivity index (χ1n) is 4.81. The zero-order valence-electron chi connectivity index (χ0n) is 7.18. The molecule has 1 saturated carbocycles. The van der Waals surface area contributed by atoms with Crippen LogP contribution in [0.5, 0.6) is 0 Å². The lowest BCUT2D eigenvalue weighted by Crippen LogP contribution is -2.30. The minimum atomic E-state index is 0.406. The van der Waals surface area contributed by atoms with E-state index in [1.165, 1.54) is 25.7 Å². The average molecular weight is 155 g/mol. The zero-order valence-corrected chi connectivity index (χ0v) is 7.18. The Hall–Kier alpha value is -0.0800. The van der Waals surface area contributed by atoms with Crippen molar-refractivity contribution >= 4 is 0 Å². The molecule has 1 aliphatic heterocycles. The van der Waals surface area contributed by atoms with Crippen LogP contribution in [0, 0.1) is 0 Å². The summed E-state index contributed by atoms with van der Waals surface area (Å²) in [6.07, 6.45) is 7.61. The Morgan fingerprint density at radius 1 is 1.36 bits per heavy atom. The molecule has 2 rings (SSSR count). The van der Waals surface area contributed by atoms with Crippen LogP contribution >= 0.6 is 0 Å². The van der Waals surface area contributed by atoms with Crippen molar-refractivity contribution in [1.29, 1.82) is 0 Å². The number of rotatable bonds is 3. The molecule has 2 nitrogen and oxygen atoms in total. The summed E-state index contributed by atoms with van der Waals surface area (Å²) in [6.45, 7) is 2.18. The smallest absolute Gasteiger partial charge is 0.135 e. The fraction of sp³-hybridized carbons (Fsp3) is 1.00. The predicted molar refractivity (Wildman–Crippen MR) is 44.3 cm³/mol. The van der Waals surface area contributed by atoms with Gasteiger partial charge in [0.2, 0.25) is 0 Å². The Kier molecular flexibility index (Phi) is 2.14. The Morgan fingerprint density at radius 2 is 2.09 bits per heavy atom. The molecule has 2 aliphatic rings. The second kappa shape index (κ2) is 3.11. The lowest BCUT2D eigenvalue weighted by atomic mass is 10.2. The first-order valence-corrected chi connectivity index (χ1v) is 4.81. The summed E-state index contributed by atoms with van der Waals surface area (Å²) in [5.41, 5.74) is 0. The van der Waals surface area contributed by atoms with Gasteiger partial charge in [-0.3, -0.25) is 5.32 Å². The first kappa shape index (κ1) is 7.56.